The summed E-state index contributed by atoms with van der Waals surface area (Å²) in [6.07, 6.45) is 7.09. The molecule has 1 N–H and O–H groups in total. The molecule has 1 saturated carbocycles. The number of nitrogens with one attached hydrogen (secondary N) is 1. The fourth-order valence-corrected chi connectivity index (χ4v) is 3.64. The molecule has 1 aliphatic carbocycles. The first-order valence-corrected chi connectivity index (χ1v) is 8.81. The first kappa shape index (κ1) is 14.7. The van der Waals surface area contributed by atoms with Gasteiger partial charge in [-0.3, -0.25) is 4.68 Å². The summed E-state index contributed by atoms with van der Waals surface area (Å²) in [6, 6.07) is 0. The smallest absolute Gasteiger partial charge is 0.0562 e. The highest BCUT2D eigenvalue weighted by Gasteiger charge is 2.28. The van der Waals surface area contributed by atoms with E-state index in [0.29, 0.717) is 11.8 Å². The zero-order valence-electron chi connectivity index (χ0n) is 13.3. The van der Waals surface area contributed by atoms with Crippen molar-refractivity contribution >= 4 is 0 Å². The minimum absolute atomic E-state index is 0.449. The van der Waals surface area contributed by atoms with E-state index in [9.17, 15) is 0 Å². The Balaban J connectivity index is 1.42. The molecule has 0 amide bonds. The van der Waals surface area contributed by atoms with Gasteiger partial charge in [-0.1, -0.05) is 0 Å². The largest absolute Gasteiger partial charge is 0.381 e. The van der Waals surface area contributed by atoms with Crippen LogP contribution in [-0.2, 0) is 22.6 Å². The van der Waals surface area contributed by atoms with Gasteiger partial charge in [0.1, 0.15) is 0 Å². The molecule has 3 heterocycles. The van der Waals surface area contributed by atoms with Crippen molar-refractivity contribution in [2.45, 2.75) is 44.7 Å². The van der Waals surface area contributed by atoms with E-state index < -0.39 is 0 Å². The van der Waals surface area contributed by atoms with Crippen LogP contribution in [0.15, 0.2) is 6.20 Å². The molecule has 2 fully saturated rings. The van der Waals surface area contributed by atoms with Crippen molar-refractivity contribution in [3.05, 3.63) is 17.5 Å². The maximum atomic E-state index is 5.97. The lowest BCUT2D eigenvalue weighted by Gasteiger charge is -2.28. The van der Waals surface area contributed by atoms with Crippen LogP contribution in [0.5, 0.6) is 0 Å². The highest BCUT2D eigenvalue weighted by atomic mass is 16.5. The fraction of sp³-hybridized carbons (Fsp3) is 0.824. The Morgan fingerprint density at radius 2 is 2.05 bits per heavy atom. The lowest BCUT2D eigenvalue weighted by Crippen LogP contribution is -2.33. The Morgan fingerprint density at radius 3 is 2.86 bits per heavy atom. The van der Waals surface area contributed by atoms with Crippen LogP contribution < -0.4 is 5.32 Å². The molecular weight excluding hydrogens is 278 g/mol. The minimum atomic E-state index is 0.449. The summed E-state index contributed by atoms with van der Waals surface area (Å²) in [6.45, 7) is 6.58. The van der Waals surface area contributed by atoms with Crippen LogP contribution >= 0.6 is 0 Å². The maximum absolute atomic E-state index is 5.97. The third-order valence-electron chi connectivity index (χ3n) is 5.19. The summed E-state index contributed by atoms with van der Waals surface area (Å²) in [5, 5.41) is 8.19. The second-order valence-corrected chi connectivity index (χ2v) is 7.10. The van der Waals surface area contributed by atoms with E-state index in [1.54, 1.807) is 0 Å². The first-order chi connectivity index (χ1) is 10.9. The van der Waals surface area contributed by atoms with Gasteiger partial charge in [0.15, 0.2) is 0 Å². The van der Waals surface area contributed by atoms with Crippen LogP contribution in [0.4, 0.5) is 0 Å². The minimum Gasteiger partial charge on any atom is -0.381 e. The molecule has 4 rings (SSSR count). The topological polar surface area (TPSA) is 48.3 Å². The van der Waals surface area contributed by atoms with Crippen LogP contribution in [-0.4, -0.2) is 42.8 Å². The molecule has 22 heavy (non-hydrogen) atoms. The number of hydrogen-bond acceptors (Lipinski definition) is 4. The Labute approximate surface area is 132 Å². The molecule has 0 bridgehead atoms. The van der Waals surface area contributed by atoms with E-state index in [0.717, 1.165) is 64.8 Å². The number of rotatable bonds is 6. The molecule has 5 nitrogen and oxygen atoms in total. The number of nitrogens with zero attached hydrogens (tertiary/aromatic N) is 2. The number of aromatic nitrogens is 2. The van der Waals surface area contributed by atoms with Crippen LogP contribution in [0.3, 0.4) is 0 Å². The van der Waals surface area contributed by atoms with E-state index in [1.807, 2.05) is 0 Å². The van der Waals surface area contributed by atoms with Gasteiger partial charge in [0.05, 0.1) is 12.8 Å². The lowest BCUT2D eigenvalue weighted by molar-refractivity contribution is 0.0590. The molecule has 1 saturated heterocycles. The molecule has 1 unspecified atom stereocenters. The predicted octanol–water partition coefficient (Wildman–Crippen LogP) is 1.92. The highest BCUT2D eigenvalue weighted by molar-refractivity contribution is 5.25. The molecular formula is C17H27N3O2. The lowest BCUT2D eigenvalue weighted by atomic mass is 9.96. The van der Waals surface area contributed by atoms with Crippen molar-refractivity contribution < 1.29 is 9.47 Å². The summed E-state index contributed by atoms with van der Waals surface area (Å²) in [5.74, 6) is 1.99. The SMILES string of the molecule is c1nn(CC2CCOCC2)c2c1CNCC2COCC1CC1. The van der Waals surface area contributed by atoms with E-state index in [4.69, 9.17) is 9.47 Å². The molecule has 0 spiro atoms. The standard InChI is InChI=1S/C17H27N3O2/c1-2-14(1)11-22-12-16-8-18-7-15-9-19-20(17(15)16)10-13-3-5-21-6-4-13/h9,13-14,16,18H,1-8,10-12H2. The summed E-state index contributed by atoms with van der Waals surface area (Å²) >= 11 is 0. The molecule has 2 aliphatic heterocycles. The van der Waals surface area contributed by atoms with Crippen molar-refractivity contribution in [1.82, 2.24) is 15.1 Å². The maximum Gasteiger partial charge on any atom is 0.0562 e. The van der Waals surface area contributed by atoms with Crippen molar-refractivity contribution in [2.24, 2.45) is 11.8 Å². The van der Waals surface area contributed by atoms with Crippen molar-refractivity contribution in [3.63, 3.8) is 0 Å². The molecule has 0 radical (unpaired) electrons. The normalized spacial score (nSPS) is 26.1. The zero-order valence-corrected chi connectivity index (χ0v) is 13.3. The molecule has 1 aromatic rings. The Kier molecular flexibility index (Phi) is 4.46. The predicted molar refractivity (Wildman–Crippen MR) is 83.8 cm³/mol. The van der Waals surface area contributed by atoms with Crippen molar-refractivity contribution in [1.29, 1.82) is 0 Å². The van der Waals surface area contributed by atoms with Gasteiger partial charge in [0.25, 0.3) is 0 Å². The van der Waals surface area contributed by atoms with Crippen LogP contribution in [0, 0.1) is 11.8 Å². The van der Waals surface area contributed by atoms with E-state index in [1.165, 1.54) is 24.1 Å². The fourth-order valence-electron chi connectivity index (χ4n) is 3.64. The van der Waals surface area contributed by atoms with Crippen molar-refractivity contribution in [2.75, 3.05) is 33.0 Å². The van der Waals surface area contributed by atoms with Crippen LogP contribution in [0.2, 0.25) is 0 Å². The summed E-state index contributed by atoms with van der Waals surface area (Å²) < 4.78 is 13.7. The van der Waals surface area contributed by atoms with E-state index in [2.05, 4.69) is 21.3 Å². The number of ether oxygens (including phenoxy) is 2. The molecule has 5 heteroatoms. The van der Waals surface area contributed by atoms with Gasteiger partial charge < -0.3 is 14.8 Å². The van der Waals surface area contributed by atoms with Gasteiger partial charge in [-0.15, -0.1) is 0 Å². The Bertz CT molecular complexity index is 492. The van der Waals surface area contributed by atoms with Gasteiger partial charge in [-0.25, -0.2) is 0 Å². The third-order valence-corrected chi connectivity index (χ3v) is 5.19. The van der Waals surface area contributed by atoms with Gasteiger partial charge in [0, 0.05) is 56.6 Å². The number of fused-ring (bicyclic) bond motifs is 1. The van der Waals surface area contributed by atoms with E-state index in [-0.39, 0.29) is 0 Å². The van der Waals surface area contributed by atoms with E-state index >= 15 is 0 Å². The molecule has 122 valence electrons. The summed E-state index contributed by atoms with van der Waals surface area (Å²) in [7, 11) is 0. The molecule has 3 aliphatic rings. The van der Waals surface area contributed by atoms with Crippen LogP contribution in [0.1, 0.15) is 42.9 Å². The second-order valence-electron chi connectivity index (χ2n) is 7.10. The quantitative estimate of drug-likeness (QED) is 0.872. The Morgan fingerprint density at radius 1 is 1.18 bits per heavy atom. The molecule has 1 aromatic heterocycles. The summed E-state index contributed by atoms with van der Waals surface area (Å²) in [4.78, 5) is 0. The highest BCUT2D eigenvalue weighted by Crippen LogP contribution is 2.30. The first-order valence-electron chi connectivity index (χ1n) is 8.81. The Hall–Kier alpha value is -0.910. The average Bonchev–Trinajstić information content (AvgIpc) is 3.29. The van der Waals surface area contributed by atoms with Gasteiger partial charge >= 0.3 is 0 Å². The average molecular weight is 305 g/mol. The summed E-state index contributed by atoms with van der Waals surface area (Å²) in [5.41, 5.74) is 2.78. The molecule has 0 aromatic carbocycles. The third kappa shape index (κ3) is 3.36. The van der Waals surface area contributed by atoms with Crippen LogP contribution in [0.25, 0.3) is 0 Å². The van der Waals surface area contributed by atoms with Gasteiger partial charge in [-0.2, -0.15) is 5.10 Å². The second kappa shape index (κ2) is 6.69. The van der Waals surface area contributed by atoms with Gasteiger partial charge in [0.2, 0.25) is 0 Å². The number of hydrogen-bond donors (Lipinski definition) is 1. The van der Waals surface area contributed by atoms with Gasteiger partial charge in [-0.05, 0) is 37.5 Å². The van der Waals surface area contributed by atoms with Crippen molar-refractivity contribution in [3.8, 4) is 0 Å². The zero-order chi connectivity index (χ0) is 14.8. The molecule has 1 atom stereocenters. The monoisotopic (exact) mass is 305 g/mol.